The van der Waals surface area contributed by atoms with Crippen molar-refractivity contribution in [1.82, 2.24) is 14.9 Å². The highest BCUT2D eigenvalue weighted by Crippen LogP contribution is 2.11. The number of hydrogen-bond donors (Lipinski definition) is 1. The summed E-state index contributed by atoms with van der Waals surface area (Å²) in [7, 11) is 2.07. The second kappa shape index (κ2) is 6.71. The van der Waals surface area contributed by atoms with Gasteiger partial charge >= 0.3 is 5.97 Å². The number of aryl methyl sites for hydroxylation is 1. The van der Waals surface area contributed by atoms with Crippen molar-refractivity contribution in [2.45, 2.75) is 20.3 Å². The maximum Gasteiger partial charge on any atom is 0.310 e. The number of hydrogen-bond acceptors (Lipinski definition) is 6. The Morgan fingerprint density at radius 1 is 1.33 bits per heavy atom. The van der Waals surface area contributed by atoms with Crippen LogP contribution in [-0.4, -0.2) is 60.7 Å². The van der Waals surface area contributed by atoms with Crippen LogP contribution in [0.5, 0.6) is 0 Å². The summed E-state index contributed by atoms with van der Waals surface area (Å²) in [5, 5.41) is 0. The van der Waals surface area contributed by atoms with Crippen molar-refractivity contribution in [2.75, 3.05) is 44.7 Å². The zero-order chi connectivity index (χ0) is 15.4. The van der Waals surface area contributed by atoms with Crippen molar-refractivity contribution in [3.05, 3.63) is 21.6 Å². The van der Waals surface area contributed by atoms with Gasteiger partial charge < -0.3 is 14.5 Å². The number of carbonyl (C=O) groups is 1. The zero-order valence-corrected chi connectivity index (χ0v) is 12.8. The van der Waals surface area contributed by atoms with Gasteiger partial charge in [0.25, 0.3) is 5.56 Å². The number of anilines is 1. The van der Waals surface area contributed by atoms with Crippen molar-refractivity contribution in [3.63, 3.8) is 0 Å². The van der Waals surface area contributed by atoms with Gasteiger partial charge in [0.1, 0.15) is 0 Å². The molecule has 0 spiro atoms. The van der Waals surface area contributed by atoms with E-state index in [1.54, 1.807) is 13.8 Å². The van der Waals surface area contributed by atoms with E-state index >= 15 is 0 Å². The van der Waals surface area contributed by atoms with Gasteiger partial charge in [-0.3, -0.25) is 14.6 Å². The molecule has 2 rings (SSSR count). The van der Waals surface area contributed by atoms with Crippen LogP contribution >= 0.6 is 0 Å². The molecule has 7 nitrogen and oxygen atoms in total. The first-order chi connectivity index (χ1) is 10.0. The smallest absolute Gasteiger partial charge is 0.310 e. The van der Waals surface area contributed by atoms with Crippen LogP contribution in [0.2, 0.25) is 0 Å². The Morgan fingerprint density at radius 3 is 2.57 bits per heavy atom. The van der Waals surface area contributed by atoms with E-state index in [-0.39, 0.29) is 12.0 Å². The van der Waals surface area contributed by atoms with Gasteiger partial charge in [0.2, 0.25) is 5.95 Å². The average molecular weight is 294 g/mol. The summed E-state index contributed by atoms with van der Waals surface area (Å²) in [5.41, 5.74) is 0.705. The minimum absolute atomic E-state index is 0.0367. The molecule has 116 valence electrons. The Balaban J connectivity index is 2.17. The number of aromatic nitrogens is 2. The van der Waals surface area contributed by atoms with E-state index < -0.39 is 5.97 Å². The lowest BCUT2D eigenvalue weighted by Crippen LogP contribution is -2.45. The molecule has 0 saturated carbocycles. The van der Waals surface area contributed by atoms with Gasteiger partial charge in [0, 0.05) is 31.7 Å². The van der Waals surface area contributed by atoms with Crippen LogP contribution in [-0.2, 0) is 16.0 Å². The van der Waals surface area contributed by atoms with E-state index in [9.17, 15) is 9.59 Å². The SMILES string of the molecule is CCOC(=O)Cc1c(C)nc(N2CCN(C)CC2)[nH]c1=O. The second-order valence-electron chi connectivity index (χ2n) is 5.23. The van der Waals surface area contributed by atoms with Crippen molar-refractivity contribution in [1.29, 1.82) is 0 Å². The molecular formula is C14H22N4O3. The summed E-state index contributed by atoms with van der Waals surface area (Å²) in [4.78, 5) is 35.2. The molecular weight excluding hydrogens is 272 g/mol. The number of esters is 1. The van der Waals surface area contributed by atoms with Crippen LogP contribution in [0.1, 0.15) is 18.2 Å². The molecule has 7 heteroatoms. The summed E-state index contributed by atoms with van der Waals surface area (Å²) >= 11 is 0. The van der Waals surface area contributed by atoms with Crippen LogP contribution < -0.4 is 10.5 Å². The number of aromatic amines is 1. The zero-order valence-electron chi connectivity index (χ0n) is 12.8. The molecule has 2 heterocycles. The number of likely N-dealkylation sites (N-methyl/N-ethyl adjacent to an activating group) is 1. The predicted octanol–water partition coefficient (Wildman–Crippen LogP) is -0.0643. The molecule has 1 aromatic rings. The number of piperazine rings is 1. The highest BCUT2D eigenvalue weighted by molar-refractivity contribution is 5.72. The van der Waals surface area contributed by atoms with Crippen LogP contribution in [0.25, 0.3) is 0 Å². The monoisotopic (exact) mass is 294 g/mol. The Hall–Kier alpha value is -1.89. The molecule has 0 atom stereocenters. The first-order valence-electron chi connectivity index (χ1n) is 7.20. The fraction of sp³-hybridized carbons (Fsp3) is 0.643. The van der Waals surface area contributed by atoms with Crippen LogP contribution in [0.15, 0.2) is 4.79 Å². The molecule has 0 bridgehead atoms. The van der Waals surface area contributed by atoms with Crippen molar-refractivity contribution in [3.8, 4) is 0 Å². The minimum Gasteiger partial charge on any atom is -0.466 e. The molecule has 1 aromatic heterocycles. The molecule has 0 amide bonds. The first-order valence-corrected chi connectivity index (χ1v) is 7.20. The molecule has 1 aliphatic heterocycles. The lowest BCUT2D eigenvalue weighted by molar-refractivity contribution is -0.142. The predicted molar refractivity (Wildman–Crippen MR) is 79.6 cm³/mol. The van der Waals surface area contributed by atoms with Crippen molar-refractivity contribution < 1.29 is 9.53 Å². The van der Waals surface area contributed by atoms with Gasteiger partial charge in [-0.1, -0.05) is 0 Å². The standard InChI is InChI=1S/C14H22N4O3/c1-4-21-12(19)9-11-10(2)15-14(16-13(11)20)18-7-5-17(3)6-8-18/h4-9H2,1-3H3,(H,15,16,20). The number of carbonyl (C=O) groups excluding carboxylic acids is 1. The molecule has 1 saturated heterocycles. The Morgan fingerprint density at radius 2 is 2.00 bits per heavy atom. The summed E-state index contributed by atoms with van der Waals surface area (Å²) in [5.74, 6) is 0.179. The summed E-state index contributed by atoms with van der Waals surface area (Å²) in [6.45, 7) is 7.34. The van der Waals surface area contributed by atoms with Crippen LogP contribution in [0, 0.1) is 6.92 Å². The van der Waals surface area contributed by atoms with E-state index in [4.69, 9.17) is 4.74 Å². The van der Waals surface area contributed by atoms with Gasteiger partial charge in [-0.2, -0.15) is 0 Å². The molecule has 21 heavy (non-hydrogen) atoms. The Kier molecular flexibility index (Phi) is 4.95. The van der Waals surface area contributed by atoms with Crippen molar-refractivity contribution in [2.24, 2.45) is 0 Å². The van der Waals surface area contributed by atoms with Crippen LogP contribution in [0.4, 0.5) is 5.95 Å². The number of ether oxygens (including phenoxy) is 1. The Bertz CT molecular complexity index is 562. The first kappa shape index (κ1) is 15.5. The highest BCUT2D eigenvalue weighted by atomic mass is 16.5. The second-order valence-corrected chi connectivity index (χ2v) is 5.23. The lowest BCUT2D eigenvalue weighted by Gasteiger charge is -2.32. The van der Waals surface area contributed by atoms with Gasteiger partial charge in [-0.05, 0) is 20.9 Å². The van der Waals surface area contributed by atoms with Crippen LogP contribution in [0.3, 0.4) is 0 Å². The van der Waals surface area contributed by atoms with Gasteiger partial charge in [-0.25, -0.2) is 4.98 Å². The molecule has 0 aromatic carbocycles. The third-order valence-corrected chi connectivity index (χ3v) is 3.64. The summed E-state index contributed by atoms with van der Waals surface area (Å²) in [6, 6.07) is 0. The van der Waals surface area contributed by atoms with Gasteiger partial charge in [0.15, 0.2) is 0 Å². The third kappa shape index (κ3) is 3.81. The number of H-pyrrole nitrogens is 1. The van der Waals surface area contributed by atoms with E-state index in [1.807, 2.05) is 0 Å². The summed E-state index contributed by atoms with van der Waals surface area (Å²) in [6.07, 6.45) is -0.0367. The number of nitrogens with one attached hydrogen (secondary N) is 1. The van der Waals surface area contributed by atoms with E-state index in [2.05, 4.69) is 26.8 Å². The van der Waals surface area contributed by atoms with Gasteiger partial charge in [-0.15, -0.1) is 0 Å². The fourth-order valence-corrected chi connectivity index (χ4v) is 2.33. The topological polar surface area (TPSA) is 78.5 Å². The normalized spacial score (nSPS) is 16.0. The van der Waals surface area contributed by atoms with E-state index in [0.717, 1.165) is 26.2 Å². The number of rotatable bonds is 4. The quantitative estimate of drug-likeness (QED) is 0.784. The molecule has 1 fully saturated rings. The summed E-state index contributed by atoms with van der Waals surface area (Å²) < 4.78 is 4.88. The van der Waals surface area contributed by atoms with E-state index in [1.165, 1.54) is 0 Å². The molecule has 1 aliphatic rings. The number of nitrogens with zero attached hydrogens (tertiary/aromatic N) is 3. The fourth-order valence-electron chi connectivity index (χ4n) is 2.33. The molecule has 0 unspecified atom stereocenters. The Labute approximate surface area is 123 Å². The van der Waals surface area contributed by atoms with Gasteiger partial charge in [0.05, 0.1) is 18.7 Å². The highest BCUT2D eigenvalue weighted by Gasteiger charge is 2.19. The average Bonchev–Trinajstić information content (AvgIpc) is 2.44. The molecule has 1 N–H and O–H groups in total. The maximum absolute atomic E-state index is 12.2. The lowest BCUT2D eigenvalue weighted by atomic mass is 10.2. The maximum atomic E-state index is 12.2. The largest absolute Gasteiger partial charge is 0.466 e. The minimum atomic E-state index is -0.403. The third-order valence-electron chi connectivity index (χ3n) is 3.64. The molecule has 0 radical (unpaired) electrons. The van der Waals surface area contributed by atoms with E-state index in [0.29, 0.717) is 23.8 Å². The molecule has 0 aliphatic carbocycles. The van der Waals surface area contributed by atoms with Crippen molar-refractivity contribution >= 4 is 11.9 Å².